The summed E-state index contributed by atoms with van der Waals surface area (Å²) in [6.07, 6.45) is 2.65. The summed E-state index contributed by atoms with van der Waals surface area (Å²) in [6.45, 7) is 6.47. The standard InChI is InChI=1S/C25H26O7/c1-4-16-10-18-22(12-21(16)31-14-24(26)32-15(2)3)30-13-19(25(18)27)17-6-7-20-23(11-17)29-9-5-8-28-20/h6-7,10-13,15H,4-5,8-9,14H2,1-3H3. The SMILES string of the molecule is CCc1cc2c(=O)c(-c3ccc4c(c3)OCCCO4)coc2cc1OCC(=O)OC(C)C. The van der Waals surface area contributed by atoms with E-state index in [2.05, 4.69) is 0 Å². The average molecular weight is 438 g/mol. The molecule has 1 aliphatic heterocycles. The highest BCUT2D eigenvalue weighted by atomic mass is 16.6. The van der Waals surface area contributed by atoms with E-state index >= 15 is 0 Å². The van der Waals surface area contributed by atoms with Crippen LogP contribution < -0.4 is 19.6 Å². The fraction of sp³-hybridized carbons (Fsp3) is 0.360. The molecule has 32 heavy (non-hydrogen) atoms. The molecule has 0 atom stereocenters. The minimum atomic E-state index is -0.451. The van der Waals surface area contributed by atoms with Gasteiger partial charge in [0.15, 0.2) is 18.1 Å². The predicted molar refractivity (Wildman–Crippen MR) is 120 cm³/mol. The summed E-state index contributed by atoms with van der Waals surface area (Å²) in [5.41, 5.74) is 2.17. The molecule has 1 aromatic heterocycles. The smallest absolute Gasteiger partial charge is 0.344 e. The normalized spacial score (nSPS) is 13.1. The van der Waals surface area contributed by atoms with Crippen LogP contribution in [-0.4, -0.2) is 31.9 Å². The van der Waals surface area contributed by atoms with Crippen molar-refractivity contribution in [3.05, 3.63) is 52.4 Å². The Morgan fingerprint density at radius 1 is 1.09 bits per heavy atom. The molecule has 0 amide bonds. The second-order valence-corrected chi connectivity index (χ2v) is 7.83. The largest absolute Gasteiger partial charge is 0.490 e. The molecule has 0 saturated heterocycles. The lowest BCUT2D eigenvalue weighted by molar-refractivity contribution is -0.149. The Bertz CT molecular complexity index is 1190. The molecule has 168 valence electrons. The summed E-state index contributed by atoms with van der Waals surface area (Å²) in [4.78, 5) is 25.1. The van der Waals surface area contributed by atoms with Crippen molar-refractivity contribution >= 4 is 16.9 Å². The van der Waals surface area contributed by atoms with Crippen LogP contribution in [0.5, 0.6) is 17.2 Å². The van der Waals surface area contributed by atoms with Crippen LogP contribution in [0.3, 0.4) is 0 Å². The molecular formula is C25H26O7. The van der Waals surface area contributed by atoms with E-state index in [1.807, 2.05) is 19.1 Å². The zero-order valence-electron chi connectivity index (χ0n) is 18.4. The Balaban J connectivity index is 1.68. The lowest BCUT2D eigenvalue weighted by atomic mass is 10.0. The summed E-state index contributed by atoms with van der Waals surface area (Å²) in [5, 5.41) is 0.448. The Labute approximate surface area is 185 Å². The Morgan fingerprint density at radius 3 is 2.62 bits per heavy atom. The van der Waals surface area contributed by atoms with E-state index in [1.54, 1.807) is 32.0 Å². The van der Waals surface area contributed by atoms with Crippen molar-refractivity contribution < 1.29 is 28.2 Å². The number of hydrogen-bond acceptors (Lipinski definition) is 7. The van der Waals surface area contributed by atoms with Gasteiger partial charge in [-0.1, -0.05) is 13.0 Å². The Kier molecular flexibility index (Phi) is 6.35. The third-order valence-electron chi connectivity index (χ3n) is 5.11. The number of ether oxygens (including phenoxy) is 4. The van der Waals surface area contributed by atoms with Crippen LogP contribution in [-0.2, 0) is 16.0 Å². The van der Waals surface area contributed by atoms with Crippen LogP contribution >= 0.6 is 0 Å². The molecule has 0 N–H and O–H groups in total. The van der Waals surface area contributed by atoms with Crippen LogP contribution in [0.2, 0.25) is 0 Å². The molecule has 4 rings (SSSR count). The van der Waals surface area contributed by atoms with Crippen LogP contribution in [0, 0.1) is 0 Å². The van der Waals surface area contributed by atoms with E-state index in [9.17, 15) is 9.59 Å². The van der Waals surface area contributed by atoms with E-state index in [0.717, 1.165) is 12.0 Å². The van der Waals surface area contributed by atoms with Gasteiger partial charge in [-0.25, -0.2) is 4.79 Å². The number of esters is 1. The molecule has 3 aromatic rings. The summed E-state index contributed by atoms with van der Waals surface area (Å²) in [5.74, 6) is 1.33. The molecule has 7 nitrogen and oxygen atoms in total. The number of carbonyl (C=O) groups excluding carboxylic acids is 1. The maximum absolute atomic E-state index is 13.3. The monoisotopic (exact) mass is 438 g/mol. The summed E-state index contributed by atoms with van der Waals surface area (Å²) in [7, 11) is 0. The van der Waals surface area contributed by atoms with Crippen molar-refractivity contribution in [2.24, 2.45) is 0 Å². The van der Waals surface area contributed by atoms with E-state index in [1.165, 1.54) is 6.26 Å². The van der Waals surface area contributed by atoms with Gasteiger partial charge in [0.25, 0.3) is 0 Å². The Morgan fingerprint density at radius 2 is 1.88 bits per heavy atom. The lowest BCUT2D eigenvalue weighted by Gasteiger charge is -2.13. The van der Waals surface area contributed by atoms with Gasteiger partial charge < -0.3 is 23.4 Å². The molecule has 0 spiro atoms. The average Bonchev–Trinajstić information content (AvgIpc) is 3.02. The molecule has 2 heterocycles. The van der Waals surface area contributed by atoms with Crippen LogP contribution in [0.15, 0.2) is 45.8 Å². The lowest BCUT2D eigenvalue weighted by Crippen LogP contribution is -2.19. The van der Waals surface area contributed by atoms with Crippen molar-refractivity contribution in [3.8, 4) is 28.4 Å². The summed E-state index contributed by atoms with van der Waals surface area (Å²) < 4.78 is 28.0. The molecule has 1 aliphatic rings. The third kappa shape index (κ3) is 4.56. The van der Waals surface area contributed by atoms with Crippen molar-refractivity contribution in [3.63, 3.8) is 0 Å². The first-order valence-corrected chi connectivity index (χ1v) is 10.8. The van der Waals surface area contributed by atoms with Crippen molar-refractivity contribution in [1.82, 2.24) is 0 Å². The molecule has 0 unspecified atom stereocenters. The first kappa shape index (κ1) is 21.7. The fourth-order valence-corrected chi connectivity index (χ4v) is 3.58. The summed E-state index contributed by atoms with van der Waals surface area (Å²) >= 11 is 0. The number of carbonyl (C=O) groups is 1. The van der Waals surface area contributed by atoms with Gasteiger partial charge in [-0.2, -0.15) is 0 Å². The van der Waals surface area contributed by atoms with E-state index in [4.69, 9.17) is 23.4 Å². The maximum atomic E-state index is 13.3. The van der Waals surface area contributed by atoms with Crippen molar-refractivity contribution in [2.45, 2.75) is 39.7 Å². The topological polar surface area (TPSA) is 84.2 Å². The number of benzene rings is 2. The van der Waals surface area contributed by atoms with Gasteiger partial charge in [0.05, 0.1) is 30.3 Å². The van der Waals surface area contributed by atoms with Gasteiger partial charge in [-0.3, -0.25) is 4.79 Å². The minimum absolute atomic E-state index is 0.152. The quantitative estimate of drug-likeness (QED) is 0.524. The molecule has 0 saturated carbocycles. The van der Waals surface area contributed by atoms with E-state index in [0.29, 0.717) is 59.0 Å². The van der Waals surface area contributed by atoms with Crippen LogP contribution in [0.1, 0.15) is 32.8 Å². The molecule has 7 heteroatoms. The predicted octanol–water partition coefficient (Wildman–Crippen LogP) is 4.51. The van der Waals surface area contributed by atoms with Gasteiger partial charge in [-0.15, -0.1) is 0 Å². The third-order valence-corrected chi connectivity index (χ3v) is 5.11. The first-order valence-electron chi connectivity index (χ1n) is 10.8. The van der Waals surface area contributed by atoms with Gasteiger partial charge in [0.1, 0.15) is 17.6 Å². The zero-order valence-corrected chi connectivity index (χ0v) is 18.4. The molecular weight excluding hydrogens is 412 g/mol. The van der Waals surface area contributed by atoms with Crippen LogP contribution in [0.25, 0.3) is 22.1 Å². The van der Waals surface area contributed by atoms with Gasteiger partial charge in [-0.05, 0) is 49.6 Å². The Hall–Kier alpha value is -3.48. The second-order valence-electron chi connectivity index (χ2n) is 7.83. The van der Waals surface area contributed by atoms with Crippen molar-refractivity contribution in [2.75, 3.05) is 19.8 Å². The summed E-state index contributed by atoms with van der Waals surface area (Å²) in [6, 6.07) is 8.85. The van der Waals surface area contributed by atoms with Crippen molar-refractivity contribution in [1.29, 1.82) is 0 Å². The van der Waals surface area contributed by atoms with E-state index < -0.39 is 5.97 Å². The number of fused-ring (bicyclic) bond motifs is 2. The number of aryl methyl sites for hydroxylation is 1. The highest BCUT2D eigenvalue weighted by molar-refractivity contribution is 5.84. The van der Waals surface area contributed by atoms with E-state index in [-0.39, 0.29) is 18.1 Å². The molecule has 2 aromatic carbocycles. The molecule has 0 aliphatic carbocycles. The van der Waals surface area contributed by atoms with Gasteiger partial charge in [0, 0.05) is 12.5 Å². The molecule has 0 fully saturated rings. The zero-order chi connectivity index (χ0) is 22.7. The van der Waals surface area contributed by atoms with Crippen LogP contribution in [0.4, 0.5) is 0 Å². The highest BCUT2D eigenvalue weighted by Crippen LogP contribution is 2.34. The number of hydrogen-bond donors (Lipinski definition) is 0. The van der Waals surface area contributed by atoms with Gasteiger partial charge >= 0.3 is 5.97 Å². The second kappa shape index (κ2) is 9.34. The molecule has 0 radical (unpaired) electrons. The minimum Gasteiger partial charge on any atom is -0.490 e. The highest BCUT2D eigenvalue weighted by Gasteiger charge is 2.17. The molecule has 0 bridgehead atoms. The first-order chi connectivity index (χ1) is 15.5. The van der Waals surface area contributed by atoms with Gasteiger partial charge in [0.2, 0.25) is 5.43 Å². The fourth-order valence-electron chi connectivity index (χ4n) is 3.58. The maximum Gasteiger partial charge on any atom is 0.344 e. The number of rotatable bonds is 6.